The quantitative estimate of drug-likeness (QED) is 0.190. The first-order valence-electron chi connectivity index (χ1n) is 15.3. The van der Waals surface area contributed by atoms with E-state index in [1.807, 2.05) is 0 Å². The van der Waals surface area contributed by atoms with Crippen molar-refractivity contribution in [3.05, 3.63) is 120 Å². The summed E-state index contributed by atoms with van der Waals surface area (Å²) in [5.41, 5.74) is 23.8. The van der Waals surface area contributed by atoms with Crippen LogP contribution in [0.5, 0.6) is 0 Å². The van der Waals surface area contributed by atoms with E-state index in [0.717, 1.165) is 19.6 Å². The molecule has 0 spiro atoms. The highest BCUT2D eigenvalue weighted by atomic mass is 14.9. The van der Waals surface area contributed by atoms with E-state index in [2.05, 4.69) is 135 Å². The van der Waals surface area contributed by atoms with Gasteiger partial charge >= 0.3 is 0 Å². The summed E-state index contributed by atoms with van der Waals surface area (Å²) in [6.45, 7) is 29.1. The summed E-state index contributed by atoms with van der Waals surface area (Å²) in [5.74, 6) is 0. The Morgan fingerprint density at radius 2 is 0.524 bits per heavy atom. The molecule has 4 aromatic rings. The Balaban J connectivity index is 1.75. The van der Waals surface area contributed by atoms with Gasteiger partial charge in [0, 0.05) is 36.7 Å². The molecule has 3 N–H and O–H groups in total. The molecule has 3 nitrogen and oxygen atoms in total. The topological polar surface area (TPSA) is 36.1 Å². The number of anilines is 3. The maximum atomic E-state index is 3.84. The Morgan fingerprint density at radius 3 is 0.714 bits per heavy atom. The van der Waals surface area contributed by atoms with Gasteiger partial charge in [-0.2, -0.15) is 0 Å². The van der Waals surface area contributed by atoms with Crippen LogP contribution in [-0.2, 0) is 19.6 Å². The molecule has 0 heterocycles. The van der Waals surface area contributed by atoms with E-state index in [1.54, 1.807) is 0 Å². The van der Waals surface area contributed by atoms with Gasteiger partial charge in [-0.3, -0.25) is 0 Å². The average Bonchev–Trinajstić information content (AvgIpc) is 2.87. The van der Waals surface area contributed by atoms with Crippen LogP contribution in [0.3, 0.4) is 0 Å². The Bertz CT molecular complexity index is 1360. The summed E-state index contributed by atoms with van der Waals surface area (Å²) < 4.78 is 0. The first-order valence-corrected chi connectivity index (χ1v) is 15.3. The first-order chi connectivity index (χ1) is 19.8. The first kappa shape index (κ1) is 31.2. The molecule has 0 fully saturated rings. The van der Waals surface area contributed by atoms with Crippen LogP contribution in [0.1, 0.15) is 83.5 Å². The van der Waals surface area contributed by atoms with Crippen molar-refractivity contribution in [3.63, 3.8) is 0 Å². The molecule has 0 aromatic heterocycles. The van der Waals surface area contributed by atoms with Crippen molar-refractivity contribution in [3.8, 4) is 0 Å². The van der Waals surface area contributed by atoms with Gasteiger partial charge in [0.2, 0.25) is 0 Å². The van der Waals surface area contributed by atoms with Crippen LogP contribution in [-0.4, -0.2) is 0 Å². The molecule has 4 aromatic carbocycles. The molecule has 222 valence electrons. The molecule has 4 rings (SSSR count). The molecule has 0 aliphatic heterocycles. The lowest BCUT2D eigenvalue weighted by molar-refractivity contribution is 0.966. The maximum absolute atomic E-state index is 3.84. The van der Waals surface area contributed by atoms with Crippen LogP contribution in [0.15, 0.2) is 36.4 Å². The third-order valence-electron chi connectivity index (χ3n) is 9.07. The van der Waals surface area contributed by atoms with Gasteiger partial charge in [0.25, 0.3) is 0 Å². The molecule has 0 aliphatic rings. The van der Waals surface area contributed by atoms with Gasteiger partial charge < -0.3 is 16.0 Å². The highest BCUT2D eigenvalue weighted by Gasteiger charge is 2.19. The molecule has 0 unspecified atom stereocenters. The zero-order valence-electron chi connectivity index (χ0n) is 28.1. The predicted molar refractivity (Wildman–Crippen MR) is 185 cm³/mol. The van der Waals surface area contributed by atoms with Gasteiger partial charge in [0.05, 0.1) is 0 Å². The largest absolute Gasteiger partial charge is 0.381 e. The molecule has 0 saturated carbocycles. The number of aryl methyl sites for hydroxylation is 9. The zero-order chi connectivity index (χ0) is 30.9. The van der Waals surface area contributed by atoms with Crippen molar-refractivity contribution in [1.82, 2.24) is 0 Å². The molecule has 3 heteroatoms. The van der Waals surface area contributed by atoms with Crippen LogP contribution in [0.25, 0.3) is 0 Å². The average molecular weight is 562 g/mol. The van der Waals surface area contributed by atoms with Crippen LogP contribution in [0.4, 0.5) is 17.1 Å². The lowest BCUT2D eigenvalue weighted by Gasteiger charge is -2.25. The fourth-order valence-corrected chi connectivity index (χ4v) is 7.09. The van der Waals surface area contributed by atoms with E-state index >= 15 is 0 Å². The van der Waals surface area contributed by atoms with E-state index in [9.17, 15) is 0 Å². The summed E-state index contributed by atoms with van der Waals surface area (Å²) in [7, 11) is 0. The number of nitrogens with one attached hydrogen (secondary N) is 3. The highest BCUT2D eigenvalue weighted by molar-refractivity contribution is 5.63. The third-order valence-corrected chi connectivity index (χ3v) is 9.07. The number of benzene rings is 4. The fraction of sp³-hybridized carbons (Fsp3) is 0.385. The van der Waals surface area contributed by atoms with E-state index in [-0.39, 0.29) is 0 Å². The summed E-state index contributed by atoms with van der Waals surface area (Å²) in [6, 6.07) is 13.6. The van der Waals surface area contributed by atoms with Gasteiger partial charge in [0.15, 0.2) is 0 Å². The molecule has 42 heavy (non-hydrogen) atoms. The Hall–Kier alpha value is -3.72. The summed E-state index contributed by atoms with van der Waals surface area (Å²) in [6.07, 6.45) is 0. The molecular formula is C39H51N3. The summed E-state index contributed by atoms with van der Waals surface area (Å²) >= 11 is 0. The minimum Gasteiger partial charge on any atom is -0.381 e. The smallest absolute Gasteiger partial charge is 0.0406 e. The van der Waals surface area contributed by atoms with Gasteiger partial charge in [-0.15, -0.1) is 0 Å². The lowest BCUT2D eigenvalue weighted by Crippen LogP contribution is -2.16. The van der Waals surface area contributed by atoms with Crippen molar-refractivity contribution < 1.29 is 0 Å². The minimum atomic E-state index is 0.799. The van der Waals surface area contributed by atoms with Crippen LogP contribution in [0, 0.1) is 83.1 Å². The van der Waals surface area contributed by atoms with Crippen LogP contribution in [0.2, 0.25) is 0 Å². The fourth-order valence-electron chi connectivity index (χ4n) is 7.09. The number of hydrogen-bond acceptors (Lipinski definition) is 3. The van der Waals surface area contributed by atoms with Crippen molar-refractivity contribution in [2.24, 2.45) is 0 Å². The second-order valence-electron chi connectivity index (χ2n) is 12.7. The molecule has 0 aliphatic carbocycles. The lowest BCUT2D eigenvalue weighted by atomic mass is 9.87. The molecule has 0 bridgehead atoms. The monoisotopic (exact) mass is 561 g/mol. The van der Waals surface area contributed by atoms with E-state index in [0.29, 0.717) is 0 Å². The molecule has 0 atom stereocenters. The minimum absolute atomic E-state index is 0.799. The molecule has 0 radical (unpaired) electrons. The van der Waals surface area contributed by atoms with Gasteiger partial charge in [-0.1, -0.05) is 53.1 Å². The summed E-state index contributed by atoms with van der Waals surface area (Å²) in [4.78, 5) is 0. The number of hydrogen-bond donors (Lipinski definition) is 3. The normalized spacial score (nSPS) is 11.1. The van der Waals surface area contributed by atoms with Crippen molar-refractivity contribution in [2.45, 2.75) is 103 Å². The third kappa shape index (κ3) is 6.51. The second kappa shape index (κ2) is 12.7. The second-order valence-corrected chi connectivity index (χ2v) is 12.7. The molecule has 0 amide bonds. The van der Waals surface area contributed by atoms with E-state index < -0.39 is 0 Å². The zero-order valence-corrected chi connectivity index (χ0v) is 28.1. The molecular weight excluding hydrogens is 510 g/mol. The van der Waals surface area contributed by atoms with Crippen molar-refractivity contribution >= 4 is 17.1 Å². The van der Waals surface area contributed by atoms with E-state index in [4.69, 9.17) is 0 Å². The Labute approximate surface area is 255 Å². The predicted octanol–water partition coefficient (Wildman–Crippen LogP) is 10.2. The van der Waals surface area contributed by atoms with Gasteiger partial charge in [-0.25, -0.2) is 0 Å². The summed E-state index contributed by atoms with van der Waals surface area (Å²) in [5, 5.41) is 11.5. The number of rotatable bonds is 9. The van der Waals surface area contributed by atoms with Gasteiger partial charge in [0.1, 0.15) is 0 Å². The standard InChI is InChI=1S/C39H51N3/c1-22-13-25(4)37(26(5)14-22)40-19-34-31(10)35(20-41-38-27(6)15-23(2)16-28(38)7)33(12)36(32(34)11)21-42-39-29(8)17-24(3)18-30(39)9/h13-18,40-42H,19-21H2,1-12H3. The van der Waals surface area contributed by atoms with Crippen LogP contribution >= 0.6 is 0 Å². The van der Waals surface area contributed by atoms with Crippen molar-refractivity contribution in [1.29, 1.82) is 0 Å². The molecule has 0 saturated heterocycles. The Kier molecular flexibility index (Phi) is 9.40. The highest BCUT2D eigenvalue weighted by Crippen LogP contribution is 2.32. The Morgan fingerprint density at radius 1 is 0.333 bits per heavy atom. The van der Waals surface area contributed by atoms with Crippen molar-refractivity contribution in [2.75, 3.05) is 16.0 Å². The van der Waals surface area contributed by atoms with Gasteiger partial charge in [-0.05, 0) is 150 Å². The SMILES string of the molecule is Cc1cc(C)c(NCc2c(C)c(CNc3c(C)cc(C)cc3C)c(C)c(CNc3c(C)cc(C)cc3C)c2C)c(C)c1. The van der Waals surface area contributed by atoms with E-state index in [1.165, 1.54) is 101 Å². The maximum Gasteiger partial charge on any atom is 0.0406 e. The van der Waals surface area contributed by atoms with Crippen LogP contribution < -0.4 is 16.0 Å².